The van der Waals surface area contributed by atoms with E-state index in [0.29, 0.717) is 15.7 Å². The first-order valence-electron chi connectivity index (χ1n) is 11.5. The summed E-state index contributed by atoms with van der Waals surface area (Å²) in [6, 6.07) is 8.47. The summed E-state index contributed by atoms with van der Waals surface area (Å²) >= 11 is 4.37. The van der Waals surface area contributed by atoms with E-state index in [-0.39, 0.29) is 18.3 Å². The Labute approximate surface area is 222 Å². The molecule has 188 valence electrons. The quantitative estimate of drug-likeness (QED) is 0.205. The zero-order chi connectivity index (χ0) is 26.0. The van der Waals surface area contributed by atoms with Crippen molar-refractivity contribution in [1.29, 1.82) is 0 Å². The number of anilines is 1. The predicted octanol–water partition coefficient (Wildman–Crippen LogP) is 6.41. The lowest BCUT2D eigenvalue weighted by Crippen LogP contribution is -2.16. The molecule has 0 bridgehead atoms. The van der Waals surface area contributed by atoms with Crippen molar-refractivity contribution < 1.29 is 14.3 Å². The van der Waals surface area contributed by atoms with Gasteiger partial charge >= 0.3 is 5.97 Å². The lowest BCUT2D eigenvalue weighted by atomic mass is 10.0. The zero-order valence-electron chi connectivity index (χ0n) is 21.1. The van der Waals surface area contributed by atoms with Crippen LogP contribution in [0, 0.1) is 27.7 Å². The van der Waals surface area contributed by atoms with Crippen molar-refractivity contribution in [3.8, 4) is 22.5 Å². The van der Waals surface area contributed by atoms with Crippen LogP contribution >= 0.6 is 34.4 Å². The first kappa shape index (κ1) is 26.1. The average Bonchev–Trinajstić information content (AvgIpc) is 3.48. The fraction of sp³-hybridized carbons (Fsp3) is 0.308. The van der Waals surface area contributed by atoms with Crippen LogP contribution in [-0.2, 0) is 16.6 Å². The molecule has 0 atom stereocenters. The summed E-state index contributed by atoms with van der Waals surface area (Å²) in [4.78, 5) is 27.3. The van der Waals surface area contributed by atoms with Gasteiger partial charge in [-0.3, -0.25) is 4.79 Å². The number of carbonyl (C=O) groups excluding carboxylic acids is 2. The number of nitrogens with one attached hydrogen (secondary N) is 1. The number of ether oxygens (including phenoxy) is 1. The number of rotatable bonds is 8. The Morgan fingerprint density at radius 3 is 2.50 bits per heavy atom. The van der Waals surface area contributed by atoms with Crippen LogP contribution in [0.4, 0.5) is 5.00 Å². The molecular weight excluding hydrogens is 513 g/mol. The zero-order valence-corrected chi connectivity index (χ0v) is 23.5. The Kier molecular flexibility index (Phi) is 7.97. The monoisotopic (exact) mass is 540 g/mol. The minimum absolute atomic E-state index is 0.137. The molecule has 4 rings (SSSR count). The number of thioether (sulfide) groups is 1. The van der Waals surface area contributed by atoms with Gasteiger partial charge in [0.05, 0.1) is 17.9 Å². The molecule has 0 spiro atoms. The third-order valence-electron chi connectivity index (χ3n) is 5.84. The first-order valence-corrected chi connectivity index (χ1v) is 14.1. The van der Waals surface area contributed by atoms with Gasteiger partial charge < -0.3 is 14.6 Å². The minimum Gasteiger partial charge on any atom is -0.462 e. The molecule has 0 fully saturated rings. The van der Waals surface area contributed by atoms with E-state index in [9.17, 15) is 9.59 Å². The Balaban J connectivity index is 1.50. The molecule has 4 aromatic rings. The van der Waals surface area contributed by atoms with Gasteiger partial charge in [0, 0.05) is 33.3 Å². The fourth-order valence-corrected chi connectivity index (χ4v) is 6.47. The summed E-state index contributed by atoms with van der Waals surface area (Å²) in [5.41, 5.74) is 5.79. The van der Waals surface area contributed by atoms with Crippen LogP contribution < -0.4 is 5.32 Å². The van der Waals surface area contributed by atoms with Crippen molar-refractivity contribution in [3.63, 3.8) is 0 Å². The second kappa shape index (κ2) is 11.0. The molecule has 1 aromatic carbocycles. The van der Waals surface area contributed by atoms with Crippen molar-refractivity contribution in [2.45, 2.75) is 39.8 Å². The summed E-state index contributed by atoms with van der Waals surface area (Å²) in [5.74, 6) is 0.253. The molecule has 36 heavy (non-hydrogen) atoms. The van der Waals surface area contributed by atoms with Crippen LogP contribution in [-0.4, -0.2) is 39.0 Å². The maximum atomic E-state index is 12.8. The molecule has 3 heterocycles. The van der Waals surface area contributed by atoms with Crippen LogP contribution in [0.3, 0.4) is 0 Å². The normalized spacial score (nSPS) is 11.1. The van der Waals surface area contributed by atoms with Gasteiger partial charge in [-0.05, 0) is 45.7 Å². The van der Waals surface area contributed by atoms with Crippen molar-refractivity contribution in [1.82, 2.24) is 14.8 Å². The van der Waals surface area contributed by atoms with E-state index in [1.165, 1.54) is 33.5 Å². The van der Waals surface area contributed by atoms with Crippen LogP contribution in [0.2, 0.25) is 0 Å². The van der Waals surface area contributed by atoms with Gasteiger partial charge in [-0.1, -0.05) is 41.6 Å². The van der Waals surface area contributed by atoms with E-state index < -0.39 is 5.97 Å². The summed E-state index contributed by atoms with van der Waals surface area (Å²) in [5, 5.41) is 14.9. The number of thiophene rings is 2. The molecule has 1 N–H and O–H groups in total. The number of amides is 1. The van der Waals surface area contributed by atoms with Gasteiger partial charge in [0.15, 0.2) is 11.0 Å². The summed E-state index contributed by atoms with van der Waals surface area (Å²) in [7, 11) is 1.91. The largest absolute Gasteiger partial charge is 0.462 e. The van der Waals surface area contributed by atoms with E-state index in [1.807, 2.05) is 25.5 Å². The predicted molar refractivity (Wildman–Crippen MR) is 148 cm³/mol. The minimum atomic E-state index is -0.421. The molecule has 0 unspecified atom stereocenters. The third-order valence-corrected chi connectivity index (χ3v) is 8.90. The molecular formula is C26H28N4O3S3. The number of esters is 1. The number of carbonyl (C=O) groups is 2. The molecule has 3 aromatic heterocycles. The van der Waals surface area contributed by atoms with E-state index in [0.717, 1.165) is 33.0 Å². The fourth-order valence-electron chi connectivity index (χ4n) is 3.83. The number of benzene rings is 1. The number of hydrogen-bond acceptors (Lipinski definition) is 8. The number of nitrogens with zero attached hydrogens (tertiary/aromatic N) is 3. The Hall–Kier alpha value is -2.95. The van der Waals surface area contributed by atoms with Gasteiger partial charge in [-0.15, -0.1) is 32.9 Å². The van der Waals surface area contributed by atoms with E-state index in [4.69, 9.17) is 4.74 Å². The summed E-state index contributed by atoms with van der Waals surface area (Å²) in [6.45, 7) is 10.0. The molecule has 0 aliphatic heterocycles. The first-order chi connectivity index (χ1) is 17.2. The molecule has 0 saturated carbocycles. The average molecular weight is 541 g/mol. The second-order valence-electron chi connectivity index (χ2n) is 8.36. The van der Waals surface area contributed by atoms with Gasteiger partial charge in [-0.25, -0.2) is 4.79 Å². The van der Waals surface area contributed by atoms with Gasteiger partial charge in [-0.2, -0.15) is 0 Å². The SMILES string of the molecule is CCOC(=O)c1c(NC(=O)CSc2nnc(-c3csc(C)c3-c3ccc(C)cc3)n2C)sc(C)c1C. The lowest BCUT2D eigenvalue weighted by Gasteiger charge is -2.08. The van der Waals surface area contributed by atoms with Crippen LogP contribution in [0.5, 0.6) is 0 Å². The van der Waals surface area contributed by atoms with Gasteiger partial charge in [0.1, 0.15) is 5.00 Å². The molecule has 0 radical (unpaired) electrons. The Morgan fingerprint density at radius 2 is 1.81 bits per heavy atom. The molecule has 10 heteroatoms. The van der Waals surface area contributed by atoms with E-state index in [2.05, 4.69) is 59.0 Å². The molecule has 0 aliphatic carbocycles. The third kappa shape index (κ3) is 5.25. The second-order valence-corrected chi connectivity index (χ2v) is 11.6. The maximum Gasteiger partial charge on any atom is 0.341 e. The van der Waals surface area contributed by atoms with Gasteiger partial charge in [0.2, 0.25) is 5.91 Å². The highest BCUT2D eigenvalue weighted by Gasteiger charge is 2.23. The Morgan fingerprint density at radius 1 is 1.08 bits per heavy atom. The molecule has 1 amide bonds. The van der Waals surface area contributed by atoms with Crippen molar-refractivity contribution in [2.75, 3.05) is 17.7 Å². The molecule has 0 aliphatic rings. The van der Waals surface area contributed by atoms with Crippen LogP contribution in [0.1, 0.15) is 38.2 Å². The van der Waals surface area contributed by atoms with Crippen LogP contribution in [0.15, 0.2) is 34.8 Å². The molecule has 0 saturated heterocycles. The van der Waals surface area contributed by atoms with Crippen molar-refractivity contribution in [3.05, 3.63) is 56.1 Å². The van der Waals surface area contributed by atoms with Crippen molar-refractivity contribution >= 4 is 51.3 Å². The topological polar surface area (TPSA) is 86.1 Å². The number of hydrogen-bond donors (Lipinski definition) is 1. The summed E-state index contributed by atoms with van der Waals surface area (Å²) in [6.07, 6.45) is 0. The standard InChI is InChI=1S/C26H28N4O3S3/c1-7-33-25(32)21-15(3)16(4)36-24(21)27-20(31)13-35-26-29-28-23(30(26)6)19-12-34-17(5)22(19)18-10-8-14(2)9-11-18/h8-12H,7,13H2,1-6H3,(H,27,31). The van der Waals surface area contributed by atoms with Crippen molar-refractivity contribution in [2.24, 2.45) is 7.05 Å². The highest BCUT2D eigenvalue weighted by Crippen LogP contribution is 2.39. The lowest BCUT2D eigenvalue weighted by molar-refractivity contribution is -0.113. The summed E-state index contributed by atoms with van der Waals surface area (Å²) < 4.78 is 7.09. The maximum absolute atomic E-state index is 12.8. The van der Waals surface area contributed by atoms with E-state index >= 15 is 0 Å². The van der Waals surface area contributed by atoms with E-state index in [1.54, 1.807) is 18.3 Å². The smallest absolute Gasteiger partial charge is 0.341 e. The Bertz CT molecular complexity index is 1420. The van der Waals surface area contributed by atoms with Gasteiger partial charge in [0.25, 0.3) is 0 Å². The molecule has 7 nitrogen and oxygen atoms in total. The highest BCUT2D eigenvalue weighted by molar-refractivity contribution is 7.99. The number of aromatic nitrogens is 3. The number of aryl methyl sites for hydroxylation is 3. The highest BCUT2D eigenvalue weighted by atomic mass is 32.2. The van der Waals surface area contributed by atoms with Crippen LogP contribution in [0.25, 0.3) is 22.5 Å².